The van der Waals surface area contributed by atoms with E-state index >= 15 is 0 Å². The Morgan fingerprint density at radius 3 is 2.19 bits per heavy atom. The Bertz CT molecular complexity index is 788. The highest BCUT2D eigenvalue weighted by Gasteiger charge is 2.17. The second-order valence-corrected chi connectivity index (χ2v) is 5.45. The van der Waals surface area contributed by atoms with Crippen molar-refractivity contribution < 1.29 is 23.5 Å². The minimum absolute atomic E-state index is 0.216. The normalized spacial score (nSPS) is 10.1. The molecule has 7 heteroatoms. The van der Waals surface area contributed by atoms with Crippen molar-refractivity contribution in [1.82, 2.24) is 0 Å². The highest BCUT2D eigenvalue weighted by molar-refractivity contribution is 5.97. The molecule has 2 amide bonds. The van der Waals surface area contributed by atoms with Crippen LogP contribution in [0.25, 0.3) is 0 Å². The van der Waals surface area contributed by atoms with Gasteiger partial charge in [0.2, 0.25) is 5.91 Å². The van der Waals surface area contributed by atoms with Crippen LogP contribution in [-0.4, -0.2) is 30.9 Å². The lowest BCUT2D eigenvalue weighted by atomic mass is 10.2. The van der Waals surface area contributed by atoms with Crippen molar-refractivity contribution in [3.63, 3.8) is 0 Å². The quantitative estimate of drug-likeness (QED) is 0.806. The summed E-state index contributed by atoms with van der Waals surface area (Å²) < 4.78 is 18.0. The van der Waals surface area contributed by atoms with Gasteiger partial charge in [-0.05, 0) is 55.5 Å². The largest absolute Gasteiger partial charge is 0.452 e. The summed E-state index contributed by atoms with van der Waals surface area (Å²) in [6, 6.07) is 11.6. The number of hydrogen-bond donors (Lipinski definition) is 1. The minimum Gasteiger partial charge on any atom is -0.452 e. The van der Waals surface area contributed by atoms with Crippen LogP contribution in [0, 0.1) is 5.82 Å². The van der Waals surface area contributed by atoms with E-state index in [4.69, 9.17) is 4.74 Å². The first-order chi connectivity index (χ1) is 12.4. The number of carbonyl (C=O) groups is 3. The molecule has 0 radical (unpaired) electrons. The van der Waals surface area contributed by atoms with Crippen molar-refractivity contribution >= 4 is 29.2 Å². The Labute approximate surface area is 150 Å². The van der Waals surface area contributed by atoms with Crippen molar-refractivity contribution in [2.45, 2.75) is 13.8 Å². The van der Waals surface area contributed by atoms with Crippen LogP contribution < -0.4 is 10.2 Å². The lowest BCUT2D eigenvalue weighted by Crippen LogP contribution is -2.34. The number of nitrogens with one attached hydrogen (secondary N) is 1. The summed E-state index contributed by atoms with van der Waals surface area (Å²) in [5.41, 5.74) is 1.34. The molecule has 0 atom stereocenters. The third-order valence-corrected chi connectivity index (χ3v) is 3.52. The van der Waals surface area contributed by atoms with Gasteiger partial charge in [0.1, 0.15) is 5.82 Å². The Morgan fingerprint density at radius 2 is 1.65 bits per heavy atom. The average Bonchev–Trinajstić information content (AvgIpc) is 2.62. The Hall–Kier alpha value is -3.22. The van der Waals surface area contributed by atoms with E-state index < -0.39 is 24.3 Å². The standard InChI is InChI=1S/C19H19FN2O4/c1-3-22(17-10-6-15(20)7-11-17)18(24)12-26-19(25)14-4-8-16(9-5-14)21-13(2)23/h4-11H,3,12H2,1-2H3,(H,21,23). The zero-order valence-electron chi connectivity index (χ0n) is 14.5. The van der Waals surface area contributed by atoms with E-state index in [1.165, 1.54) is 48.2 Å². The van der Waals surface area contributed by atoms with Gasteiger partial charge in [-0.3, -0.25) is 9.59 Å². The van der Waals surface area contributed by atoms with Crippen molar-refractivity contribution in [2.24, 2.45) is 0 Å². The van der Waals surface area contributed by atoms with Crippen LogP contribution in [0.3, 0.4) is 0 Å². The summed E-state index contributed by atoms with van der Waals surface area (Å²) >= 11 is 0. The van der Waals surface area contributed by atoms with Crippen molar-refractivity contribution in [2.75, 3.05) is 23.4 Å². The summed E-state index contributed by atoms with van der Waals surface area (Å²) in [4.78, 5) is 36.7. The number of halogens is 1. The number of amides is 2. The number of rotatable bonds is 6. The van der Waals surface area contributed by atoms with Crippen LogP contribution in [-0.2, 0) is 14.3 Å². The molecule has 0 bridgehead atoms. The molecular formula is C19H19FN2O4. The van der Waals surface area contributed by atoms with Crippen LogP contribution in [0.15, 0.2) is 48.5 Å². The lowest BCUT2D eigenvalue weighted by molar-refractivity contribution is -0.121. The summed E-state index contributed by atoms with van der Waals surface area (Å²) in [5, 5.41) is 2.59. The van der Waals surface area contributed by atoms with Gasteiger partial charge in [-0.2, -0.15) is 0 Å². The summed E-state index contributed by atoms with van der Waals surface area (Å²) in [6.07, 6.45) is 0. The molecule has 0 saturated carbocycles. The van der Waals surface area contributed by atoms with Crippen molar-refractivity contribution in [1.29, 1.82) is 0 Å². The van der Waals surface area contributed by atoms with Gasteiger partial charge in [0, 0.05) is 24.8 Å². The fraction of sp³-hybridized carbons (Fsp3) is 0.211. The number of hydrogen-bond acceptors (Lipinski definition) is 4. The number of esters is 1. The molecule has 26 heavy (non-hydrogen) atoms. The number of ether oxygens (including phenoxy) is 1. The fourth-order valence-electron chi connectivity index (χ4n) is 2.31. The van der Waals surface area contributed by atoms with E-state index in [-0.39, 0.29) is 11.5 Å². The van der Waals surface area contributed by atoms with Gasteiger partial charge >= 0.3 is 5.97 Å². The molecule has 136 valence electrons. The third kappa shape index (κ3) is 5.14. The van der Waals surface area contributed by atoms with E-state index in [0.717, 1.165) is 0 Å². The summed E-state index contributed by atoms with van der Waals surface area (Å²) in [7, 11) is 0. The molecule has 1 N–H and O–H groups in total. The predicted octanol–water partition coefficient (Wildman–Crippen LogP) is 2.99. The first-order valence-electron chi connectivity index (χ1n) is 8.01. The molecule has 0 unspecified atom stereocenters. The number of benzene rings is 2. The third-order valence-electron chi connectivity index (χ3n) is 3.52. The molecule has 2 rings (SSSR count). The van der Waals surface area contributed by atoms with Gasteiger partial charge < -0.3 is 15.0 Å². The maximum absolute atomic E-state index is 13.0. The molecule has 0 heterocycles. The van der Waals surface area contributed by atoms with Crippen LogP contribution in [0.1, 0.15) is 24.2 Å². The molecule has 0 spiro atoms. The molecule has 0 aromatic heterocycles. The Morgan fingerprint density at radius 1 is 1.04 bits per heavy atom. The SMILES string of the molecule is CCN(C(=O)COC(=O)c1ccc(NC(C)=O)cc1)c1ccc(F)cc1. The molecule has 2 aromatic rings. The van der Waals surface area contributed by atoms with E-state index in [0.29, 0.717) is 17.9 Å². The van der Waals surface area contributed by atoms with Gasteiger partial charge in [-0.15, -0.1) is 0 Å². The van der Waals surface area contributed by atoms with Crippen LogP contribution in [0.5, 0.6) is 0 Å². The van der Waals surface area contributed by atoms with Gasteiger partial charge in [0.05, 0.1) is 5.56 Å². The van der Waals surface area contributed by atoms with E-state index in [1.54, 1.807) is 19.1 Å². The average molecular weight is 358 g/mol. The summed E-state index contributed by atoms with van der Waals surface area (Å²) in [6.45, 7) is 3.07. The minimum atomic E-state index is -0.650. The van der Waals surface area contributed by atoms with Crippen LogP contribution in [0.4, 0.5) is 15.8 Å². The number of nitrogens with zero attached hydrogens (tertiary/aromatic N) is 1. The topological polar surface area (TPSA) is 75.7 Å². The van der Waals surface area contributed by atoms with Gasteiger partial charge in [-0.25, -0.2) is 9.18 Å². The van der Waals surface area contributed by atoms with Crippen molar-refractivity contribution in [3.05, 3.63) is 59.9 Å². The maximum atomic E-state index is 13.0. The van der Waals surface area contributed by atoms with E-state index in [1.807, 2.05) is 0 Å². The second kappa shape index (κ2) is 8.75. The van der Waals surface area contributed by atoms with Gasteiger partial charge in [-0.1, -0.05) is 0 Å². The first kappa shape index (κ1) is 19.1. The van der Waals surface area contributed by atoms with Gasteiger partial charge in [0.25, 0.3) is 5.91 Å². The van der Waals surface area contributed by atoms with Crippen LogP contribution in [0.2, 0.25) is 0 Å². The number of likely N-dealkylation sites (N-methyl/N-ethyl adjacent to an activating group) is 1. The Balaban J connectivity index is 1.95. The maximum Gasteiger partial charge on any atom is 0.338 e. The number of carbonyl (C=O) groups excluding carboxylic acids is 3. The lowest BCUT2D eigenvalue weighted by Gasteiger charge is -2.20. The molecule has 0 aliphatic rings. The zero-order chi connectivity index (χ0) is 19.1. The van der Waals surface area contributed by atoms with E-state index in [2.05, 4.69) is 5.32 Å². The molecule has 2 aromatic carbocycles. The second-order valence-electron chi connectivity index (χ2n) is 5.45. The number of anilines is 2. The monoisotopic (exact) mass is 358 g/mol. The molecular weight excluding hydrogens is 339 g/mol. The smallest absolute Gasteiger partial charge is 0.338 e. The molecule has 0 aliphatic carbocycles. The highest BCUT2D eigenvalue weighted by Crippen LogP contribution is 2.15. The zero-order valence-corrected chi connectivity index (χ0v) is 14.5. The van der Waals surface area contributed by atoms with Crippen LogP contribution >= 0.6 is 0 Å². The Kier molecular flexibility index (Phi) is 6.43. The molecule has 0 saturated heterocycles. The van der Waals surface area contributed by atoms with E-state index in [9.17, 15) is 18.8 Å². The molecule has 0 aliphatic heterocycles. The first-order valence-corrected chi connectivity index (χ1v) is 8.01. The summed E-state index contributed by atoms with van der Waals surface area (Å²) in [5.74, 6) is -1.68. The molecule has 0 fully saturated rings. The fourth-order valence-corrected chi connectivity index (χ4v) is 2.31. The molecule has 6 nitrogen and oxygen atoms in total. The predicted molar refractivity (Wildman–Crippen MR) is 95.5 cm³/mol. The van der Waals surface area contributed by atoms with Crippen molar-refractivity contribution in [3.8, 4) is 0 Å². The van der Waals surface area contributed by atoms with Gasteiger partial charge in [0.15, 0.2) is 6.61 Å². The highest BCUT2D eigenvalue weighted by atomic mass is 19.1.